The molecule has 2 aromatic rings. The zero-order chi connectivity index (χ0) is 17.5. The van der Waals surface area contributed by atoms with Gasteiger partial charge in [-0.3, -0.25) is 14.9 Å². The molecule has 0 radical (unpaired) electrons. The lowest BCUT2D eigenvalue weighted by atomic mass is 10.2. The van der Waals surface area contributed by atoms with Crippen molar-refractivity contribution in [3.8, 4) is 5.75 Å². The number of nitro benzene ring substituents is 1. The minimum Gasteiger partial charge on any atom is -0.493 e. The van der Waals surface area contributed by atoms with Crippen LogP contribution in [0.25, 0.3) is 0 Å². The fourth-order valence-corrected chi connectivity index (χ4v) is 2.05. The van der Waals surface area contributed by atoms with Crippen LogP contribution >= 0.6 is 11.6 Å². The highest BCUT2D eigenvalue weighted by molar-refractivity contribution is 6.30. The van der Waals surface area contributed by atoms with E-state index in [0.717, 1.165) is 0 Å². The fraction of sp³-hybridized carbons (Fsp3) is 0.125. The number of hydrogen-bond donors (Lipinski definition) is 1. The van der Waals surface area contributed by atoms with E-state index in [4.69, 9.17) is 16.3 Å². The van der Waals surface area contributed by atoms with Crippen LogP contribution in [0.2, 0.25) is 5.02 Å². The number of nitrogens with zero attached hydrogens (tertiary/aromatic N) is 2. The number of carbonyl (C=O) groups excluding carboxylic acids is 1. The number of nitrogens with one attached hydrogen (secondary N) is 1. The summed E-state index contributed by atoms with van der Waals surface area (Å²) in [4.78, 5) is 22.0. The molecule has 7 nitrogen and oxygen atoms in total. The van der Waals surface area contributed by atoms with Gasteiger partial charge in [0.15, 0.2) is 0 Å². The zero-order valence-electron chi connectivity index (χ0n) is 12.7. The first kappa shape index (κ1) is 17.4. The first-order chi connectivity index (χ1) is 11.5. The minimum absolute atomic E-state index is 0.0877. The largest absolute Gasteiger partial charge is 0.493 e. The quantitative estimate of drug-likeness (QED) is 0.492. The van der Waals surface area contributed by atoms with E-state index in [1.165, 1.54) is 30.5 Å². The molecule has 1 amide bonds. The highest BCUT2D eigenvalue weighted by Crippen LogP contribution is 2.21. The van der Waals surface area contributed by atoms with Crippen molar-refractivity contribution in [3.05, 3.63) is 68.7 Å². The molecule has 0 aromatic heterocycles. The van der Waals surface area contributed by atoms with Crippen molar-refractivity contribution in [3.63, 3.8) is 0 Å². The molecule has 124 valence electrons. The first-order valence-corrected chi connectivity index (χ1v) is 7.39. The molecule has 0 spiro atoms. The minimum atomic E-state index is -0.533. The van der Waals surface area contributed by atoms with Gasteiger partial charge >= 0.3 is 0 Å². The number of carbonyl (C=O) groups is 1. The molecular formula is C16H14ClN3O4. The highest BCUT2D eigenvalue weighted by atomic mass is 35.5. The fourth-order valence-electron chi connectivity index (χ4n) is 1.87. The van der Waals surface area contributed by atoms with Crippen molar-refractivity contribution in [2.75, 3.05) is 6.61 Å². The Morgan fingerprint density at radius 1 is 1.33 bits per heavy atom. The van der Waals surface area contributed by atoms with Crippen LogP contribution in [0.3, 0.4) is 0 Å². The van der Waals surface area contributed by atoms with Crippen molar-refractivity contribution in [2.24, 2.45) is 5.10 Å². The third-order valence-electron chi connectivity index (χ3n) is 2.98. The molecule has 2 rings (SSSR count). The van der Waals surface area contributed by atoms with E-state index in [1.54, 1.807) is 18.2 Å². The second kappa shape index (κ2) is 8.07. The number of non-ortho nitro benzene ring substituents is 1. The SMILES string of the molecule is CCOc1ccc(Cl)cc1/C=N\NC(=O)c1ccc([N+](=O)[O-])cc1. The molecule has 0 aliphatic carbocycles. The Morgan fingerprint density at radius 2 is 2.04 bits per heavy atom. The van der Waals surface area contributed by atoms with Crippen LogP contribution in [-0.4, -0.2) is 23.7 Å². The second-order valence-electron chi connectivity index (χ2n) is 4.62. The van der Waals surface area contributed by atoms with E-state index in [9.17, 15) is 14.9 Å². The highest BCUT2D eigenvalue weighted by Gasteiger charge is 2.09. The monoisotopic (exact) mass is 347 g/mol. The lowest BCUT2D eigenvalue weighted by Crippen LogP contribution is -2.17. The van der Waals surface area contributed by atoms with Gasteiger partial charge in [0.25, 0.3) is 11.6 Å². The Balaban J connectivity index is 2.07. The molecule has 24 heavy (non-hydrogen) atoms. The van der Waals surface area contributed by atoms with Gasteiger partial charge in [-0.05, 0) is 37.3 Å². The summed E-state index contributed by atoms with van der Waals surface area (Å²) in [6.45, 7) is 2.34. The first-order valence-electron chi connectivity index (χ1n) is 7.01. The Morgan fingerprint density at radius 3 is 2.67 bits per heavy atom. The molecule has 0 aliphatic rings. The summed E-state index contributed by atoms with van der Waals surface area (Å²) in [7, 11) is 0. The number of amides is 1. The molecule has 0 bridgehead atoms. The molecule has 0 atom stereocenters. The van der Waals surface area contributed by atoms with Crippen LogP contribution in [0.5, 0.6) is 5.75 Å². The summed E-state index contributed by atoms with van der Waals surface area (Å²) in [5.41, 5.74) is 3.14. The summed E-state index contributed by atoms with van der Waals surface area (Å²) in [5.74, 6) is 0.108. The van der Waals surface area contributed by atoms with Gasteiger partial charge < -0.3 is 4.74 Å². The third kappa shape index (κ3) is 4.53. The number of nitro groups is 1. The van der Waals surface area contributed by atoms with Gasteiger partial charge in [0.05, 0.1) is 17.7 Å². The Kier molecular flexibility index (Phi) is 5.86. The molecule has 8 heteroatoms. The van der Waals surface area contributed by atoms with Gasteiger partial charge in [0.1, 0.15) is 5.75 Å². The molecular weight excluding hydrogens is 334 g/mol. The van der Waals surface area contributed by atoms with Crippen molar-refractivity contribution < 1.29 is 14.5 Å². The molecule has 0 aliphatic heterocycles. The van der Waals surface area contributed by atoms with E-state index in [0.29, 0.717) is 22.9 Å². The van der Waals surface area contributed by atoms with Gasteiger partial charge in [0.2, 0.25) is 0 Å². The van der Waals surface area contributed by atoms with Crippen molar-refractivity contribution in [2.45, 2.75) is 6.92 Å². The van der Waals surface area contributed by atoms with Crippen molar-refractivity contribution >= 4 is 29.4 Å². The van der Waals surface area contributed by atoms with Crippen LogP contribution in [0, 0.1) is 10.1 Å². The van der Waals surface area contributed by atoms with Gasteiger partial charge in [-0.15, -0.1) is 0 Å². The van der Waals surface area contributed by atoms with Crippen molar-refractivity contribution in [1.29, 1.82) is 0 Å². The molecule has 2 aromatic carbocycles. The molecule has 0 heterocycles. The predicted octanol–water partition coefficient (Wildman–Crippen LogP) is 3.41. The standard InChI is InChI=1S/C16H14ClN3O4/c1-2-24-15-8-5-13(17)9-12(15)10-18-19-16(21)11-3-6-14(7-4-11)20(22)23/h3-10H,2H2,1H3,(H,19,21)/b18-10-. The summed E-state index contributed by atoms with van der Waals surface area (Å²) in [6.07, 6.45) is 1.42. The third-order valence-corrected chi connectivity index (χ3v) is 3.22. The van der Waals surface area contributed by atoms with E-state index in [-0.39, 0.29) is 11.3 Å². The number of hydrazone groups is 1. The van der Waals surface area contributed by atoms with Crippen LogP contribution in [-0.2, 0) is 0 Å². The number of rotatable bonds is 6. The van der Waals surface area contributed by atoms with Crippen LogP contribution in [0.4, 0.5) is 5.69 Å². The number of benzene rings is 2. The molecule has 1 N–H and O–H groups in total. The molecule has 0 saturated heterocycles. The number of halogens is 1. The van der Waals surface area contributed by atoms with Crippen LogP contribution in [0.15, 0.2) is 47.6 Å². The zero-order valence-corrected chi connectivity index (χ0v) is 13.5. The average Bonchev–Trinajstić information content (AvgIpc) is 2.57. The predicted molar refractivity (Wildman–Crippen MR) is 90.8 cm³/mol. The molecule has 0 unspecified atom stereocenters. The lowest BCUT2D eigenvalue weighted by molar-refractivity contribution is -0.384. The van der Waals surface area contributed by atoms with E-state index < -0.39 is 10.8 Å². The maximum Gasteiger partial charge on any atom is 0.271 e. The lowest BCUT2D eigenvalue weighted by Gasteiger charge is -2.07. The second-order valence-corrected chi connectivity index (χ2v) is 5.05. The Labute approximate surface area is 143 Å². The summed E-state index contributed by atoms with van der Waals surface area (Å²) in [6, 6.07) is 10.3. The normalized spacial score (nSPS) is 10.6. The molecule has 0 fully saturated rings. The maximum absolute atomic E-state index is 11.9. The summed E-state index contributed by atoms with van der Waals surface area (Å²) < 4.78 is 5.44. The Bertz CT molecular complexity index is 775. The molecule has 0 saturated carbocycles. The summed E-state index contributed by atoms with van der Waals surface area (Å²) in [5, 5.41) is 15.0. The maximum atomic E-state index is 11.9. The van der Waals surface area contributed by atoms with E-state index >= 15 is 0 Å². The van der Waals surface area contributed by atoms with Gasteiger partial charge in [0, 0.05) is 28.3 Å². The van der Waals surface area contributed by atoms with Gasteiger partial charge in [-0.1, -0.05) is 11.6 Å². The Hall–Kier alpha value is -2.93. The van der Waals surface area contributed by atoms with E-state index in [1.807, 2.05) is 6.92 Å². The van der Waals surface area contributed by atoms with E-state index in [2.05, 4.69) is 10.5 Å². The van der Waals surface area contributed by atoms with Crippen LogP contribution < -0.4 is 10.2 Å². The average molecular weight is 348 g/mol. The topological polar surface area (TPSA) is 93.8 Å². The van der Waals surface area contributed by atoms with Crippen LogP contribution in [0.1, 0.15) is 22.8 Å². The van der Waals surface area contributed by atoms with Gasteiger partial charge in [-0.2, -0.15) is 5.10 Å². The van der Waals surface area contributed by atoms with Crippen molar-refractivity contribution in [1.82, 2.24) is 5.43 Å². The number of ether oxygens (including phenoxy) is 1. The van der Waals surface area contributed by atoms with Gasteiger partial charge in [-0.25, -0.2) is 5.43 Å². The smallest absolute Gasteiger partial charge is 0.271 e. The number of hydrogen-bond acceptors (Lipinski definition) is 5. The summed E-state index contributed by atoms with van der Waals surface area (Å²) >= 11 is 5.94.